The normalized spacial score (nSPS) is 10.4. The molecule has 0 aliphatic rings. The summed E-state index contributed by atoms with van der Waals surface area (Å²) >= 11 is 0. The summed E-state index contributed by atoms with van der Waals surface area (Å²) in [4.78, 5) is 31.9. The predicted molar refractivity (Wildman–Crippen MR) is 68.0 cm³/mol. The molecule has 0 unspecified atom stereocenters. The number of aliphatic carboxylic acids is 1. The third-order valence-electron chi connectivity index (χ3n) is 2.37. The van der Waals surface area contributed by atoms with Gasteiger partial charge in [-0.3, -0.25) is 14.9 Å². The van der Waals surface area contributed by atoms with Gasteiger partial charge in [-0.25, -0.2) is 4.79 Å². The number of rotatable bonds is 4. The Morgan fingerprint density at radius 3 is 2.42 bits per heavy atom. The maximum atomic E-state index is 11.4. The van der Waals surface area contributed by atoms with E-state index in [-0.39, 0.29) is 5.69 Å². The molecule has 0 atom stereocenters. The fraction of sp³-hybridized carbons (Fsp3) is 0.167. The monoisotopic (exact) mass is 264 g/mol. The van der Waals surface area contributed by atoms with E-state index in [2.05, 4.69) is 5.32 Å². The number of benzene rings is 1. The standard InChI is InChI=1S/C12H12N2O5/c1-7-6-10(14(18)19)8(2)5-9(7)13-11(15)3-4-12(16)17/h3-6H,1-2H3,(H,13,15)(H,16,17)/b4-3+. The lowest BCUT2D eigenvalue weighted by molar-refractivity contribution is -0.385. The summed E-state index contributed by atoms with van der Waals surface area (Å²) in [7, 11) is 0. The molecular formula is C12H12N2O5. The fourth-order valence-electron chi connectivity index (χ4n) is 1.45. The Kier molecular flexibility index (Phi) is 4.36. The summed E-state index contributed by atoms with van der Waals surface area (Å²) in [5.74, 6) is -1.84. The lowest BCUT2D eigenvalue weighted by Crippen LogP contribution is -2.10. The van der Waals surface area contributed by atoms with Crippen molar-refractivity contribution in [1.82, 2.24) is 0 Å². The third kappa shape index (κ3) is 3.91. The first-order valence-electron chi connectivity index (χ1n) is 5.29. The van der Waals surface area contributed by atoms with Crippen molar-refractivity contribution in [2.45, 2.75) is 13.8 Å². The summed E-state index contributed by atoms with van der Waals surface area (Å²) in [6, 6.07) is 2.83. The maximum Gasteiger partial charge on any atom is 0.328 e. The number of nitro groups is 1. The van der Waals surface area contributed by atoms with Crippen molar-refractivity contribution in [3.63, 3.8) is 0 Å². The van der Waals surface area contributed by atoms with Crippen LogP contribution in [0.3, 0.4) is 0 Å². The molecule has 0 fully saturated rings. The summed E-state index contributed by atoms with van der Waals surface area (Å²) in [6.45, 7) is 3.17. The third-order valence-corrected chi connectivity index (χ3v) is 2.37. The number of amides is 1. The summed E-state index contributed by atoms with van der Waals surface area (Å²) in [5.41, 5.74) is 1.31. The topological polar surface area (TPSA) is 110 Å². The molecule has 0 saturated heterocycles. The number of nitro benzene ring substituents is 1. The minimum atomic E-state index is -1.23. The van der Waals surface area contributed by atoms with E-state index in [4.69, 9.17) is 5.11 Å². The molecule has 7 heteroatoms. The number of nitrogens with one attached hydrogen (secondary N) is 1. The molecule has 0 radical (unpaired) electrons. The Hall–Kier alpha value is -2.70. The first-order chi connectivity index (χ1) is 8.81. The van der Waals surface area contributed by atoms with E-state index in [9.17, 15) is 19.7 Å². The van der Waals surface area contributed by atoms with Crippen molar-refractivity contribution in [2.75, 3.05) is 5.32 Å². The van der Waals surface area contributed by atoms with Gasteiger partial charge in [-0.05, 0) is 25.5 Å². The molecule has 7 nitrogen and oxygen atoms in total. The highest BCUT2D eigenvalue weighted by molar-refractivity contribution is 6.02. The van der Waals surface area contributed by atoms with Gasteiger partial charge in [-0.2, -0.15) is 0 Å². The van der Waals surface area contributed by atoms with Crippen LogP contribution in [0.25, 0.3) is 0 Å². The van der Waals surface area contributed by atoms with E-state index >= 15 is 0 Å². The van der Waals surface area contributed by atoms with E-state index < -0.39 is 16.8 Å². The number of anilines is 1. The highest BCUT2D eigenvalue weighted by Gasteiger charge is 2.13. The zero-order valence-corrected chi connectivity index (χ0v) is 10.3. The average molecular weight is 264 g/mol. The van der Waals surface area contributed by atoms with Gasteiger partial charge in [0.2, 0.25) is 5.91 Å². The maximum absolute atomic E-state index is 11.4. The largest absolute Gasteiger partial charge is 0.478 e. The van der Waals surface area contributed by atoms with Gasteiger partial charge in [-0.15, -0.1) is 0 Å². The second-order valence-electron chi connectivity index (χ2n) is 3.87. The molecule has 1 aromatic rings. The number of carbonyl (C=O) groups is 2. The van der Waals surface area contributed by atoms with Crippen LogP contribution in [0, 0.1) is 24.0 Å². The minimum Gasteiger partial charge on any atom is -0.478 e. The first kappa shape index (κ1) is 14.4. The van der Waals surface area contributed by atoms with Crippen molar-refractivity contribution >= 4 is 23.3 Å². The smallest absolute Gasteiger partial charge is 0.328 e. The van der Waals surface area contributed by atoms with Crippen LogP contribution in [0.15, 0.2) is 24.3 Å². The van der Waals surface area contributed by atoms with Gasteiger partial charge in [0.25, 0.3) is 5.69 Å². The van der Waals surface area contributed by atoms with Gasteiger partial charge in [0.1, 0.15) is 0 Å². The highest BCUT2D eigenvalue weighted by atomic mass is 16.6. The first-order valence-corrected chi connectivity index (χ1v) is 5.29. The number of carboxylic acids is 1. The van der Waals surface area contributed by atoms with Crippen LogP contribution < -0.4 is 5.32 Å². The minimum absolute atomic E-state index is 0.0309. The Balaban J connectivity index is 2.97. The number of hydrogen-bond acceptors (Lipinski definition) is 4. The molecule has 0 spiro atoms. The molecule has 0 heterocycles. The van der Waals surface area contributed by atoms with Gasteiger partial charge >= 0.3 is 5.97 Å². The summed E-state index contributed by atoms with van der Waals surface area (Å²) in [6.07, 6.45) is 1.58. The predicted octanol–water partition coefficient (Wildman–Crippen LogP) is 1.79. The Labute approximate surface area is 108 Å². The van der Waals surface area contributed by atoms with Crippen LogP contribution in [0.2, 0.25) is 0 Å². The van der Waals surface area contributed by atoms with Crippen LogP contribution in [0.1, 0.15) is 11.1 Å². The van der Waals surface area contributed by atoms with E-state index in [1.165, 1.54) is 12.1 Å². The van der Waals surface area contributed by atoms with Crippen molar-refractivity contribution in [3.05, 3.63) is 45.5 Å². The van der Waals surface area contributed by atoms with Crippen LogP contribution in [-0.2, 0) is 9.59 Å². The fourth-order valence-corrected chi connectivity index (χ4v) is 1.45. The van der Waals surface area contributed by atoms with Gasteiger partial charge in [0.05, 0.1) is 4.92 Å². The lowest BCUT2D eigenvalue weighted by atomic mass is 10.1. The second kappa shape index (κ2) is 5.76. The highest BCUT2D eigenvalue weighted by Crippen LogP contribution is 2.25. The number of carboxylic acid groups (broad SMARTS) is 1. The molecule has 0 aliphatic carbocycles. The molecule has 0 aliphatic heterocycles. The van der Waals surface area contributed by atoms with Gasteiger partial charge in [-0.1, -0.05) is 0 Å². The molecule has 2 N–H and O–H groups in total. The molecule has 0 bridgehead atoms. The zero-order chi connectivity index (χ0) is 14.6. The van der Waals surface area contributed by atoms with E-state index in [1.807, 2.05) is 0 Å². The van der Waals surface area contributed by atoms with Crippen LogP contribution in [0.5, 0.6) is 0 Å². The van der Waals surface area contributed by atoms with Gasteiger partial charge in [0, 0.05) is 29.5 Å². The van der Waals surface area contributed by atoms with E-state index in [0.717, 1.165) is 6.08 Å². The SMILES string of the molecule is Cc1cc([N+](=O)[O-])c(C)cc1NC(=O)/C=C/C(=O)O. The Bertz CT molecular complexity index is 578. The van der Waals surface area contributed by atoms with Crippen LogP contribution in [-0.4, -0.2) is 21.9 Å². The number of carbonyl (C=O) groups excluding carboxylic acids is 1. The van der Waals surface area contributed by atoms with E-state index in [0.29, 0.717) is 22.9 Å². The van der Waals surface area contributed by atoms with Crippen LogP contribution in [0.4, 0.5) is 11.4 Å². The number of nitrogens with zero attached hydrogens (tertiary/aromatic N) is 1. The Morgan fingerprint density at radius 1 is 1.26 bits per heavy atom. The lowest BCUT2D eigenvalue weighted by Gasteiger charge is -2.08. The van der Waals surface area contributed by atoms with Crippen molar-refractivity contribution in [1.29, 1.82) is 0 Å². The summed E-state index contributed by atoms with van der Waals surface area (Å²) in [5, 5.41) is 21.6. The molecule has 0 aromatic heterocycles. The quantitative estimate of drug-likeness (QED) is 0.489. The average Bonchev–Trinajstić information content (AvgIpc) is 2.30. The molecule has 19 heavy (non-hydrogen) atoms. The van der Waals surface area contributed by atoms with Crippen LogP contribution >= 0.6 is 0 Å². The van der Waals surface area contributed by atoms with Crippen molar-refractivity contribution in [2.24, 2.45) is 0 Å². The molecular weight excluding hydrogens is 252 g/mol. The molecule has 1 amide bonds. The Morgan fingerprint density at radius 2 is 1.89 bits per heavy atom. The molecule has 100 valence electrons. The molecule has 1 rings (SSSR count). The second-order valence-corrected chi connectivity index (χ2v) is 3.87. The molecule has 0 saturated carbocycles. The number of aryl methyl sites for hydroxylation is 2. The summed E-state index contributed by atoms with van der Waals surface area (Å²) < 4.78 is 0. The van der Waals surface area contributed by atoms with Gasteiger partial charge < -0.3 is 10.4 Å². The van der Waals surface area contributed by atoms with Crippen molar-refractivity contribution in [3.8, 4) is 0 Å². The van der Waals surface area contributed by atoms with Crippen molar-refractivity contribution < 1.29 is 19.6 Å². The zero-order valence-electron chi connectivity index (χ0n) is 10.3. The van der Waals surface area contributed by atoms with Gasteiger partial charge in [0.15, 0.2) is 0 Å². The molecule has 1 aromatic carbocycles. The number of hydrogen-bond donors (Lipinski definition) is 2. The van der Waals surface area contributed by atoms with E-state index in [1.54, 1.807) is 13.8 Å².